The van der Waals surface area contributed by atoms with Crippen molar-refractivity contribution in [2.75, 3.05) is 20.2 Å². The smallest absolute Gasteiger partial charge is 0.243 e. The van der Waals surface area contributed by atoms with Crippen LogP contribution >= 0.6 is 0 Å². The van der Waals surface area contributed by atoms with E-state index in [0.717, 1.165) is 5.56 Å². The van der Waals surface area contributed by atoms with Gasteiger partial charge in [-0.25, -0.2) is 8.42 Å². The molecule has 2 aromatic carbocycles. The number of ether oxygens (including phenoxy) is 1. The van der Waals surface area contributed by atoms with E-state index in [1.807, 2.05) is 58.0 Å². The summed E-state index contributed by atoms with van der Waals surface area (Å²) in [5.41, 5.74) is 0.867. The van der Waals surface area contributed by atoms with Gasteiger partial charge < -0.3 is 20.5 Å². The second kappa shape index (κ2) is 14.3. The first-order valence-electron chi connectivity index (χ1n) is 12.8. The third-order valence-corrected chi connectivity index (χ3v) is 7.90. The number of carbonyl (C=O) groups is 2. The predicted molar refractivity (Wildman–Crippen MR) is 147 cm³/mol. The van der Waals surface area contributed by atoms with E-state index in [2.05, 4.69) is 10.6 Å². The Balaban J connectivity index is 2.37. The van der Waals surface area contributed by atoms with Crippen LogP contribution in [-0.4, -0.2) is 68.0 Å². The molecular formula is C28H41N3O6S. The molecule has 0 aliphatic rings. The Morgan fingerprint density at radius 2 is 1.55 bits per heavy atom. The van der Waals surface area contributed by atoms with Crippen molar-refractivity contribution in [3.8, 4) is 5.75 Å². The molecule has 0 spiro atoms. The van der Waals surface area contributed by atoms with Crippen molar-refractivity contribution in [1.82, 2.24) is 14.9 Å². The van der Waals surface area contributed by atoms with E-state index in [-0.39, 0.29) is 42.1 Å². The normalized spacial score (nSPS) is 14.3. The first-order valence-corrected chi connectivity index (χ1v) is 14.2. The maximum atomic E-state index is 13.6. The quantitative estimate of drug-likeness (QED) is 0.334. The summed E-state index contributed by atoms with van der Waals surface area (Å²) >= 11 is 0. The maximum Gasteiger partial charge on any atom is 0.243 e. The molecule has 0 saturated heterocycles. The Kier molecular flexibility index (Phi) is 11.7. The van der Waals surface area contributed by atoms with Crippen molar-refractivity contribution in [2.24, 2.45) is 11.8 Å². The number of benzene rings is 2. The topological polar surface area (TPSA) is 125 Å². The van der Waals surface area contributed by atoms with E-state index < -0.39 is 34.1 Å². The lowest BCUT2D eigenvalue weighted by Crippen LogP contribution is -2.56. The van der Waals surface area contributed by atoms with E-state index in [1.54, 1.807) is 12.1 Å². The minimum Gasteiger partial charge on any atom is -0.497 e. The van der Waals surface area contributed by atoms with Crippen LogP contribution in [0, 0.1) is 11.8 Å². The zero-order valence-electron chi connectivity index (χ0n) is 23.0. The molecule has 0 aliphatic carbocycles. The molecule has 0 bridgehead atoms. The van der Waals surface area contributed by atoms with Crippen LogP contribution < -0.4 is 15.4 Å². The molecule has 9 nitrogen and oxygen atoms in total. The molecule has 0 saturated carbocycles. The lowest BCUT2D eigenvalue weighted by atomic mass is 9.98. The van der Waals surface area contributed by atoms with Crippen LogP contribution in [0.1, 0.15) is 40.2 Å². The van der Waals surface area contributed by atoms with E-state index in [0.29, 0.717) is 5.75 Å². The maximum absolute atomic E-state index is 13.6. The third-order valence-electron chi connectivity index (χ3n) is 6.06. The van der Waals surface area contributed by atoms with Crippen molar-refractivity contribution in [3.63, 3.8) is 0 Å². The number of hydrogen-bond acceptors (Lipinski definition) is 6. The molecule has 3 atom stereocenters. The highest BCUT2D eigenvalue weighted by Gasteiger charge is 2.33. The number of methoxy groups -OCH3 is 1. The number of aliphatic hydroxyl groups excluding tert-OH is 1. The van der Waals surface area contributed by atoms with Crippen molar-refractivity contribution in [2.45, 2.75) is 64.1 Å². The highest BCUT2D eigenvalue weighted by molar-refractivity contribution is 7.89. The summed E-state index contributed by atoms with van der Waals surface area (Å²) in [7, 11) is -2.45. The van der Waals surface area contributed by atoms with Gasteiger partial charge in [-0.2, -0.15) is 4.31 Å². The van der Waals surface area contributed by atoms with Gasteiger partial charge in [0.15, 0.2) is 0 Å². The summed E-state index contributed by atoms with van der Waals surface area (Å²) in [6, 6.07) is 13.8. The van der Waals surface area contributed by atoms with Crippen LogP contribution in [0.15, 0.2) is 59.5 Å². The minimum atomic E-state index is -3.95. The van der Waals surface area contributed by atoms with Gasteiger partial charge in [-0.15, -0.1) is 0 Å². The molecule has 0 aromatic heterocycles. The molecule has 2 amide bonds. The Labute approximate surface area is 226 Å². The van der Waals surface area contributed by atoms with Crippen LogP contribution in [0.5, 0.6) is 5.75 Å². The Bertz CT molecular complexity index is 1140. The van der Waals surface area contributed by atoms with Gasteiger partial charge in [0.05, 0.1) is 24.2 Å². The average molecular weight is 548 g/mol. The molecule has 2 aromatic rings. The number of aliphatic hydroxyl groups is 1. The molecule has 0 heterocycles. The molecular weight excluding hydrogens is 506 g/mol. The standard InChI is InChI=1S/C28H41N3O6S/c1-19(2)17-31(38(35,36)24-14-12-23(37-6)13-15-24)18-26(33)25(16-22-10-8-7-9-11-22)30-28(34)27(20(3)4)29-21(5)32/h7-15,19-20,25-27,33H,16-18H2,1-6H3,(H,29,32)(H,30,34)/t25?,26?,27-/m0/s1. The van der Waals surface area contributed by atoms with Crippen LogP contribution in [0.4, 0.5) is 0 Å². The molecule has 10 heteroatoms. The van der Waals surface area contributed by atoms with Gasteiger partial charge in [0, 0.05) is 20.0 Å². The average Bonchev–Trinajstić information content (AvgIpc) is 2.86. The van der Waals surface area contributed by atoms with Crippen LogP contribution in [0.2, 0.25) is 0 Å². The number of carbonyl (C=O) groups excluding carboxylic acids is 2. The van der Waals surface area contributed by atoms with Gasteiger partial charge in [0.25, 0.3) is 0 Å². The zero-order valence-corrected chi connectivity index (χ0v) is 23.9. The molecule has 0 fully saturated rings. The summed E-state index contributed by atoms with van der Waals surface area (Å²) < 4.78 is 33.5. The molecule has 0 radical (unpaired) electrons. The monoisotopic (exact) mass is 547 g/mol. The second-order valence-corrected chi connectivity index (χ2v) is 12.1. The van der Waals surface area contributed by atoms with Crippen molar-refractivity contribution >= 4 is 21.8 Å². The molecule has 2 rings (SSSR count). The molecule has 2 unspecified atom stereocenters. The Morgan fingerprint density at radius 3 is 2.05 bits per heavy atom. The SMILES string of the molecule is COc1ccc(S(=O)(=O)N(CC(C)C)CC(O)C(Cc2ccccc2)NC(=O)[C@@H](NC(C)=O)C(C)C)cc1. The lowest BCUT2D eigenvalue weighted by Gasteiger charge is -2.32. The summed E-state index contributed by atoms with van der Waals surface area (Å²) in [4.78, 5) is 25.0. The van der Waals surface area contributed by atoms with Gasteiger partial charge in [-0.05, 0) is 48.1 Å². The van der Waals surface area contributed by atoms with Crippen LogP contribution in [0.25, 0.3) is 0 Å². The number of rotatable bonds is 14. The first-order chi connectivity index (χ1) is 17.8. The number of hydrogen-bond donors (Lipinski definition) is 3. The molecule has 3 N–H and O–H groups in total. The van der Waals surface area contributed by atoms with Crippen molar-refractivity contribution < 1.29 is 27.9 Å². The largest absolute Gasteiger partial charge is 0.497 e. The second-order valence-electron chi connectivity index (χ2n) is 10.2. The Hall–Kier alpha value is -2.95. The van der Waals surface area contributed by atoms with Gasteiger partial charge in [0.1, 0.15) is 11.8 Å². The van der Waals surface area contributed by atoms with E-state index >= 15 is 0 Å². The number of nitrogens with zero attached hydrogens (tertiary/aromatic N) is 1. The summed E-state index contributed by atoms with van der Waals surface area (Å²) in [5.74, 6) is -0.455. The highest BCUT2D eigenvalue weighted by atomic mass is 32.2. The third kappa shape index (κ3) is 9.11. The van der Waals surface area contributed by atoms with Crippen molar-refractivity contribution in [3.05, 3.63) is 60.2 Å². The fraction of sp³-hybridized carbons (Fsp3) is 0.500. The summed E-state index contributed by atoms with van der Waals surface area (Å²) in [6.45, 7) is 8.71. The Morgan fingerprint density at radius 1 is 0.947 bits per heavy atom. The van der Waals surface area contributed by atoms with Crippen molar-refractivity contribution in [1.29, 1.82) is 0 Å². The summed E-state index contributed by atoms with van der Waals surface area (Å²) in [6.07, 6.45) is -0.951. The summed E-state index contributed by atoms with van der Waals surface area (Å²) in [5, 5.41) is 16.9. The predicted octanol–water partition coefficient (Wildman–Crippen LogP) is 2.59. The van der Waals surface area contributed by atoms with Crippen LogP contribution in [0.3, 0.4) is 0 Å². The van der Waals surface area contributed by atoms with Gasteiger partial charge in [0.2, 0.25) is 21.8 Å². The van der Waals surface area contributed by atoms with E-state index in [9.17, 15) is 23.1 Å². The first kappa shape index (κ1) is 31.3. The van der Waals surface area contributed by atoms with Gasteiger partial charge >= 0.3 is 0 Å². The highest BCUT2D eigenvalue weighted by Crippen LogP contribution is 2.22. The lowest BCUT2D eigenvalue weighted by molar-refractivity contribution is -0.130. The molecule has 38 heavy (non-hydrogen) atoms. The molecule has 0 aliphatic heterocycles. The van der Waals surface area contributed by atoms with Crippen LogP contribution in [-0.2, 0) is 26.0 Å². The van der Waals surface area contributed by atoms with Gasteiger partial charge in [-0.3, -0.25) is 9.59 Å². The van der Waals surface area contributed by atoms with E-state index in [1.165, 1.54) is 30.5 Å². The minimum absolute atomic E-state index is 0.0116. The van der Waals surface area contributed by atoms with E-state index in [4.69, 9.17) is 4.74 Å². The van der Waals surface area contributed by atoms with Gasteiger partial charge in [-0.1, -0.05) is 58.0 Å². The fourth-order valence-corrected chi connectivity index (χ4v) is 5.71. The fourth-order valence-electron chi connectivity index (χ4n) is 4.09. The number of nitrogens with one attached hydrogen (secondary N) is 2. The number of amides is 2. The zero-order chi connectivity index (χ0) is 28.5. The number of sulfonamides is 1. The molecule has 210 valence electrons.